The van der Waals surface area contributed by atoms with Crippen molar-refractivity contribution in [1.29, 1.82) is 5.26 Å². The van der Waals surface area contributed by atoms with Crippen molar-refractivity contribution in [2.45, 2.75) is 51.2 Å². The number of ether oxygens (including phenoxy) is 3. The maximum atomic E-state index is 13.4. The second-order valence-electron chi connectivity index (χ2n) is 13.7. The Morgan fingerprint density at radius 1 is 1.00 bits per heavy atom. The molecule has 18 heteroatoms. The van der Waals surface area contributed by atoms with Crippen LogP contribution in [0.4, 0.5) is 30.5 Å². The Balaban J connectivity index is 1.44. The summed E-state index contributed by atoms with van der Waals surface area (Å²) in [6.07, 6.45) is 1.73. The van der Waals surface area contributed by atoms with E-state index in [2.05, 4.69) is 41.1 Å². The van der Waals surface area contributed by atoms with Crippen molar-refractivity contribution >= 4 is 41.4 Å². The average molecular weight is 809 g/mol. The molecule has 0 fully saturated rings. The van der Waals surface area contributed by atoms with Gasteiger partial charge in [0.1, 0.15) is 53.8 Å². The zero-order chi connectivity index (χ0) is 40.5. The highest BCUT2D eigenvalue weighted by Gasteiger charge is 2.27. The van der Waals surface area contributed by atoms with Crippen LogP contribution in [-0.2, 0) is 34.5 Å². The van der Waals surface area contributed by atoms with Gasteiger partial charge in [-0.25, -0.2) is 27.3 Å². The van der Waals surface area contributed by atoms with Gasteiger partial charge in [-0.1, -0.05) is 50.0 Å². The molecular formula is C38H39F3N6O7SSi. The first kappa shape index (κ1) is 41.3. The normalized spacial score (nSPS) is 11.6. The van der Waals surface area contributed by atoms with Crippen LogP contribution in [0.15, 0.2) is 85.1 Å². The number of rotatable bonds is 19. The third-order valence-electron chi connectivity index (χ3n) is 8.14. The van der Waals surface area contributed by atoms with Gasteiger partial charge in [0, 0.05) is 26.7 Å². The van der Waals surface area contributed by atoms with Crippen LogP contribution in [0, 0.1) is 17.1 Å². The molecule has 0 saturated carbocycles. The molecule has 3 aromatic carbocycles. The molecule has 0 aliphatic rings. The molecule has 2 heterocycles. The third kappa shape index (κ3) is 11.3. The quantitative estimate of drug-likeness (QED) is 0.0546. The Kier molecular flexibility index (Phi) is 13.4. The number of carboxylic acids is 1. The Morgan fingerprint density at radius 3 is 2.43 bits per heavy atom. The number of carboxylic acid groups (broad SMARTS) is 1. The smallest absolute Gasteiger partial charge is 0.355 e. The van der Waals surface area contributed by atoms with Crippen molar-refractivity contribution in [2.24, 2.45) is 0 Å². The fraction of sp³-hybridized carbons (Fsp3) is 0.263. The molecule has 0 amide bonds. The van der Waals surface area contributed by atoms with Crippen molar-refractivity contribution in [1.82, 2.24) is 14.8 Å². The lowest BCUT2D eigenvalue weighted by atomic mass is 10.1. The molecule has 0 atom stereocenters. The van der Waals surface area contributed by atoms with Gasteiger partial charge in [0.2, 0.25) is 0 Å². The second-order valence-corrected chi connectivity index (χ2v) is 20.9. The number of halogens is 3. The minimum absolute atomic E-state index is 0.0319. The Bertz CT molecular complexity index is 2300. The maximum Gasteiger partial charge on any atom is 0.355 e. The van der Waals surface area contributed by atoms with Gasteiger partial charge in [-0.15, -0.1) is 0 Å². The summed E-state index contributed by atoms with van der Waals surface area (Å²) in [6, 6.07) is 22.3. The summed E-state index contributed by atoms with van der Waals surface area (Å²) in [5.41, 5.74) is 1.75. The summed E-state index contributed by atoms with van der Waals surface area (Å²) in [4.78, 5) is 15.7. The van der Waals surface area contributed by atoms with Gasteiger partial charge in [-0.05, 0) is 65.7 Å². The molecule has 5 aromatic rings. The van der Waals surface area contributed by atoms with Gasteiger partial charge >= 0.3 is 11.7 Å². The molecule has 0 unspecified atom stereocenters. The van der Waals surface area contributed by atoms with E-state index >= 15 is 0 Å². The van der Waals surface area contributed by atoms with E-state index in [9.17, 15) is 36.8 Å². The number of pyridine rings is 1. The molecule has 0 spiro atoms. The van der Waals surface area contributed by atoms with Crippen molar-refractivity contribution < 1.29 is 45.7 Å². The van der Waals surface area contributed by atoms with E-state index in [1.807, 2.05) is 4.72 Å². The average Bonchev–Trinajstić information content (AvgIpc) is 3.50. The predicted molar refractivity (Wildman–Crippen MR) is 206 cm³/mol. The molecule has 0 aliphatic carbocycles. The van der Waals surface area contributed by atoms with Crippen LogP contribution < -0.4 is 19.5 Å². The molecule has 2 aromatic heterocycles. The number of nitrogens with one attached hydrogen (secondary N) is 2. The highest BCUT2D eigenvalue weighted by Crippen LogP contribution is 2.36. The SMILES string of the molecule is C[Si](C)(C)CCOCn1nc(-c2ccc(NS(=O)(=O)C(F)F)c(OCCc3ccc(F)cc3)c2)c(C#N)c1Nc1ccc(OCc2cccc(C(=O)O)c2)cn1. The number of benzene rings is 3. The molecule has 3 N–H and O–H groups in total. The topological polar surface area (TPSA) is 178 Å². The van der Waals surface area contributed by atoms with E-state index < -0.39 is 35.6 Å². The summed E-state index contributed by atoms with van der Waals surface area (Å²) in [5, 5.41) is 27.5. The van der Waals surface area contributed by atoms with E-state index in [-0.39, 0.29) is 60.4 Å². The lowest BCUT2D eigenvalue weighted by Crippen LogP contribution is -2.22. The summed E-state index contributed by atoms with van der Waals surface area (Å²) < 4.78 is 85.3. The molecule has 0 radical (unpaired) electrons. The van der Waals surface area contributed by atoms with Crippen LogP contribution in [-0.4, -0.2) is 61.3 Å². The summed E-state index contributed by atoms with van der Waals surface area (Å²) in [7, 11) is -6.52. The first-order valence-corrected chi connectivity index (χ1v) is 22.5. The number of hydrogen-bond donors (Lipinski definition) is 3. The van der Waals surface area contributed by atoms with E-state index in [0.717, 1.165) is 6.04 Å². The highest BCUT2D eigenvalue weighted by atomic mass is 32.2. The number of sulfonamides is 1. The maximum absolute atomic E-state index is 13.4. The summed E-state index contributed by atoms with van der Waals surface area (Å²) in [6.45, 7) is 7.08. The number of aromatic nitrogens is 3. The molecule has 5 rings (SSSR count). The van der Waals surface area contributed by atoms with E-state index in [4.69, 9.17) is 14.2 Å². The molecular weight excluding hydrogens is 770 g/mol. The van der Waals surface area contributed by atoms with Gasteiger partial charge in [0.15, 0.2) is 5.82 Å². The lowest BCUT2D eigenvalue weighted by Gasteiger charge is -2.16. The number of alkyl halides is 2. The number of hydrogen-bond acceptors (Lipinski definition) is 10. The second kappa shape index (κ2) is 18.2. The lowest BCUT2D eigenvalue weighted by molar-refractivity contribution is 0.0696. The first-order chi connectivity index (χ1) is 26.6. The Labute approximate surface area is 322 Å². The Hall–Kier alpha value is -5.90. The van der Waals surface area contributed by atoms with Crippen LogP contribution >= 0.6 is 0 Å². The number of aromatic carboxylic acids is 1. The molecule has 56 heavy (non-hydrogen) atoms. The monoisotopic (exact) mass is 808 g/mol. The minimum atomic E-state index is -5.07. The summed E-state index contributed by atoms with van der Waals surface area (Å²) in [5.74, 6) is -4.36. The highest BCUT2D eigenvalue weighted by molar-refractivity contribution is 7.93. The van der Waals surface area contributed by atoms with Gasteiger partial charge in [0.25, 0.3) is 10.0 Å². The summed E-state index contributed by atoms with van der Waals surface area (Å²) >= 11 is 0. The number of carbonyl (C=O) groups is 1. The molecule has 294 valence electrons. The fourth-order valence-corrected chi connectivity index (χ4v) is 6.46. The van der Waals surface area contributed by atoms with Crippen molar-refractivity contribution in [3.8, 4) is 28.8 Å². The van der Waals surface area contributed by atoms with Crippen LogP contribution in [0.3, 0.4) is 0 Å². The van der Waals surface area contributed by atoms with Gasteiger partial charge < -0.3 is 24.6 Å². The van der Waals surface area contributed by atoms with Crippen LogP contribution in [0.25, 0.3) is 11.3 Å². The zero-order valence-electron chi connectivity index (χ0n) is 30.6. The zero-order valence-corrected chi connectivity index (χ0v) is 32.4. The van der Waals surface area contributed by atoms with Crippen molar-refractivity contribution in [3.63, 3.8) is 0 Å². The van der Waals surface area contributed by atoms with E-state index in [1.54, 1.807) is 36.4 Å². The predicted octanol–water partition coefficient (Wildman–Crippen LogP) is 7.87. The molecule has 0 saturated heterocycles. The van der Waals surface area contributed by atoms with E-state index in [0.29, 0.717) is 34.9 Å². The van der Waals surface area contributed by atoms with Crippen LogP contribution in [0.2, 0.25) is 25.7 Å². The van der Waals surface area contributed by atoms with Gasteiger partial charge in [-0.3, -0.25) is 4.72 Å². The number of nitrogens with zero attached hydrogens (tertiary/aromatic N) is 4. The van der Waals surface area contributed by atoms with Gasteiger partial charge in [0.05, 0.1) is 24.1 Å². The minimum Gasteiger partial charge on any atom is -0.491 e. The number of nitriles is 1. The molecule has 13 nitrogen and oxygen atoms in total. The van der Waals surface area contributed by atoms with Crippen molar-refractivity contribution in [2.75, 3.05) is 23.3 Å². The Morgan fingerprint density at radius 2 is 1.77 bits per heavy atom. The van der Waals surface area contributed by atoms with E-state index in [1.165, 1.54) is 53.3 Å². The largest absolute Gasteiger partial charge is 0.491 e. The van der Waals surface area contributed by atoms with Crippen molar-refractivity contribution in [3.05, 3.63) is 113 Å². The third-order valence-corrected chi connectivity index (χ3v) is 10.8. The fourth-order valence-electron chi connectivity index (χ4n) is 5.14. The number of anilines is 3. The standard InChI is InChI=1S/C38H39F3N6O7SSi/c1-56(2,3)18-17-52-24-47-36(44-34-14-12-30(22-43-34)54-23-26-5-4-6-28(19-26)37(48)49)31(21-42)35(45-47)27-9-13-32(46-55(50,51)38(40)41)33(20-27)53-16-15-25-7-10-29(39)11-8-25/h4-14,19-20,22,38,46H,15-18,23-24H2,1-3H3,(H,43,44)(H,48,49). The molecule has 0 bridgehead atoms. The van der Waals surface area contributed by atoms with Crippen LogP contribution in [0.1, 0.15) is 27.0 Å². The van der Waals surface area contributed by atoms with Gasteiger partial charge in [-0.2, -0.15) is 19.1 Å². The van der Waals surface area contributed by atoms with Crippen LogP contribution in [0.5, 0.6) is 11.5 Å². The molecule has 0 aliphatic heterocycles. The first-order valence-electron chi connectivity index (χ1n) is 17.2.